The SMILES string of the molecule is N#Cc1cc(C23CC4CC(CC(C4)C2)C3)cn(N)c1=O. The van der Waals surface area contributed by atoms with Gasteiger partial charge in [0.1, 0.15) is 11.6 Å². The second kappa shape index (κ2) is 3.88. The summed E-state index contributed by atoms with van der Waals surface area (Å²) in [5.41, 5.74) is 1.09. The Labute approximate surface area is 118 Å². The summed E-state index contributed by atoms with van der Waals surface area (Å²) in [7, 11) is 0. The van der Waals surface area contributed by atoms with Crippen molar-refractivity contribution in [3.05, 3.63) is 33.7 Å². The summed E-state index contributed by atoms with van der Waals surface area (Å²) in [5.74, 6) is 8.28. The van der Waals surface area contributed by atoms with Crippen LogP contribution < -0.4 is 11.4 Å². The Morgan fingerprint density at radius 2 is 1.75 bits per heavy atom. The van der Waals surface area contributed by atoms with Gasteiger partial charge in [-0.3, -0.25) is 4.79 Å². The molecule has 4 heteroatoms. The molecule has 1 aromatic heterocycles. The number of nitrogens with two attached hydrogens (primary N) is 1. The van der Waals surface area contributed by atoms with Gasteiger partial charge in [0.25, 0.3) is 5.56 Å². The van der Waals surface area contributed by atoms with Gasteiger partial charge in [-0.2, -0.15) is 5.26 Å². The van der Waals surface area contributed by atoms with Crippen LogP contribution in [-0.2, 0) is 5.41 Å². The van der Waals surface area contributed by atoms with Crippen molar-refractivity contribution >= 4 is 0 Å². The maximum atomic E-state index is 11.8. The first-order valence-electron chi connectivity index (χ1n) is 7.52. The number of nitrogens with zero attached hydrogens (tertiary/aromatic N) is 2. The predicted molar refractivity (Wildman–Crippen MR) is 75.4 cm³/mol. The summed E-state index contributed by atoms with van der Waals surface area (Å²) in [6, 6.07) is 3.80. The molecule has 0 amide bonds. The molecule has 4 aliphatic carbocycles. The van der Waals surface area contributed by atoms with Gasteiger partial charge in [0, 0.05) is 6.20 Å². The van der Waals surface area contributed by atoms with Crippen LogP contribution in [0.2, 0.25) is 0 Å². The number of aromatic nitrogens is 1. The fraction of sp³-hybridized carbons (Fsp3) is 0.625. The van der Waals surface area contributed by atoms with E-state index < -0.39 is 0 Å². The molecule has 0 aromatic carbocycles. The number of nitriles is 1. The van der Waals surface area contributed by atoms with Gasteiger partial charge in [-0.05, 0) is 73.3 Å². The molecule has 0 saturated heterocycles. The van der Waals surface area contributed by atoms with Crippen molar-refractivity contribution in [2.24, 2.45) is 17.8 Å². The molecule has 0 radical (unpaired) electrons. The molecule has 4 saturated carbocycles. The van der Waals surface area contributed by atoms with Crippen LogP contribution in [0, 0.1) is 29.1 Å². The maximum Gasteiger partial charge on any atom is 0.286 e. The van der Waals surface area contributed by atoms with Gasteiger partial charge in [0.2, 0.25) is 0 Å². The monoisotopic (exact) mass is 269 g/mol. The van der Waals surface area contributed by atoms with Crippen LogP contribution in [-0.4, -0.2) is 4.68 Å². The number of hydrogen-bond donors (Lipinski definition) is 1. The van der Waals surface area contributed by atoms with E-state index in [4.69, 9.17) is 11.1 Å². The fourth-order valence-electron chi connectivity index (χ4n) is 5.44. The van der Waals surface area contributed by atoms with E-state index in [2.05, 4.69) is 0 Å². The van der Waals surface area contributed by atoms with Crippen molar-refractivity contribution in [3.8, 4) is 6.07 Å². The largest absolute Gasteiger partial charge is 0.336 e. The molecule has 20 heavy (non-hydrogen) atoms. The van der Waals surface area contributed by atoms with Crippen LogP contribution in [0.5, 0.6) is 0 Å². The van der Waals surface area contributed by atoms with Crippen LogP contribution in [0.15, 0.2) is 17.1 Å². The topological polar surface area (TPSA) is 71.8 Å². The van der Waals surface area contributed by atoms with Crippen molar-refractivity contribution in [1.82, 2.24) is 4.68 Å². The molecule has 4 nitrogen and oxygen atoms in total. The summed E-state index contributed by atoms with van der Waals surface area (Å²) < 4.78 is 1.10. The second-order valence-electron chi connectivity index (χ2n) is 7.16. The molecule has 0 spiro atoms. The summed E-state index contributed by atoms with van der Waals surface area (Å²) in [6.45, 7) is 0. The van der Waals surface area contributed by atoms with Crippen molar-refractivity contribution in [2.75, 3.05) is 5.84 Å². The zero-order valence-electron chi connectivity index (χ0n) is 11.5. The third-order valence-corrected chi connectivity index (χ3v) is 5.81. The Bertz CT molecular complexity index is 632. The first kappa shape index (κ1) is 12.0. The third kappa shape index (κ3) is 1.56. The zero-order chi connectivity index (χ0) is 13.9. The summed E-state index contributed by atoms with van der Waals surface area (Å²) in [5, 5.41) is 9.13. The van der Waals surface area contributed by atoms with E-state index in [1.165, 1.54) is 38.5 Å². The lowest BCUT2D eigenvalue weighted by Crippen LogP contribution is -2.49. The first-order chi connectivity index (χ1) is 9.59. The molecule has 0 unspecified atom stereocenters. The van der Waals surface area contributed by atoms with Gasteiger partial charge in [-0.25, -0.2) is 4.68 Å². The highest BCUT2D eigenvalue weighted by molar-refractivity contribution is 5.36. The molecule has 5 rings (SSSR count). The van der Waals surface area contributed by atoms with Crippen LogP contribution >= 0.6 is 0 Å². The van der Waals surface area contributed by atoms with Crippen molar-refractivity contribution in [3.63, 3.8) is 0 Å². The maximum absolute atomic E-state index is 11.8. The lowest BCUT2D eigenvalue weighted by atomic mass is 9.48. The molecule has 1 aromatic rings. The molecule has 0 atom stereocenters. The minimum absolute atomic E-state index is 0.176. The van der Waals surface area contributed by atoms with Crippen molar-refractivity contribution in [1.29, 1.82) is 5.26 Å². The van der Waals surface area contributed by atoms with Gasteiger partial charge in [0.15, 0.2) is 0 Å². The van der Waals surface area contributed by atoms with Crippen molar-refractivity contribution < 1.29 is 0 Å². The standard InChI is InChI=1S/C16H19N3O/c17-8-13-4-14(9-19(18)15(13)20)16-5-10-1-11(6-16)3-12(2-10)7-16/h4,9-12H,1-3,5-7,18H2. The van der Waals surface area contributed by atoms with Gasteiger partial charge in [-0.1, -0.05) is 0 Å². The van der Waals surface area contributed by atoms with Crippen LogP contribution in [0.4, 0.5) is 0 Å². The number of rotatable bonds is 1. The molecule has 2 N–H and O–H groups in total. The Morgan fingerprint density at radius 1 is 1.20 bits per heavy atom. The molecule has 104 valence electrons. The Kier molecular flexibility index (Phi) is 2.33. The lowest BCUT2D eigenvalue weighted by molar-refractivity contribution is -0.00546. The van der Waals surface area contributed by atoms with E-state index in [0.717, 1.165) is 28.0 Å². The molecule has 1 heterocycles. The van der Waals surface area contributed by atoms with E-state index in [9.17, 15) is 4.79 Å². The van der Waals surface area contributed by atoms with Gasteiger partial charge < -0.3 is 5.84 Å². The van der Waals surface area contributed by atoms with E-state index >= 15 is 0 Å². The predicted octanol–water partition coefficient (Wildman–Crippen LogP) is 1.90. The summed E-state index contributed by atoms with van der Waals surface area (Å²) in [6.07, 6.45) is 9.55. The smallest absolute Gasteiger partial charge is 0.286 e. The van der Waals surface area contributed by atoms with Gasteiger partial charge in [-0.15, -0.1) is 0 Å². The Hall–Kier alpha value is -1.76. The molecule has 4 bridgehead atoms. The highest BCUT2D eigenvalue weighted by atomic mass is 16.1. The summed E-state index contributed by atoms with van der Waals surface area (Å²) in [4.78, 5) is 11.8. The van der Waals surface area contributed by atoms with Crippen molar-refractivity contribution in [2.45, 2.75) is 43.9 Å². The second-order valence-corrected chi connectivity index (χ2v) is 7.16. The van der Waals surface area contributed by atoms with E-state index in [1.54, 1.807) is 12.3 Å². The highest BCUT2D eigenvalue weighted by Crippen LogP contribution is 2.60. The van der Waals surface area contributed by atoms with E-state index in [1.807, 2.05) is 6.07 Å². The quantitative estimate of drug-likeness (QED) is 0.791. The molecule has 0 aliphatic heterocycles. The third-order valence-electron chi connectivity index (χ3n) is 5.81. The molecule has 4 aliphatic rings. The summed E-state index contributed by atoms with van der Waals surface area (Å²) >= 11 is 0. The molecular weight excluding hydrogens is 250 g/mol. The van der Waals surface area contributed by atoms with Gasteiger partial charge >= 0.3 is 0 Å². The average Bonchev–Trinajstić information content (AvgIpc) is 2.40. The highest BCUT2D eigenvalue weighted by Gasteiger charge is 2.51. The van der Waals surface area contributed by atoms with Crippen LogP contribution in [0.3, 0.4) is 0 Å². The molecular formula is C16H19N3O. The fourth-order valence-corrected chi connectivity index (χ4v) is 5.44. The van der Waals surface area contributed by atoms with Gasteiger partial charge in [0.05, 0.1) is 0 Å². The lowest BCUT2D eigenvalue weighted by Gasteiger charge is -2.57. The Balaban J connectivity index is 1.83. The zero-order valence-corrected chi connectivity index (χ0v) is 11.5. The number of nitrogen functional groups attached to an aromatic ring is 1. The minimum atomic E-state index is -0.388. The first-order valence-corrected chi connectivity index (χ1v) is 7.52. The Morgan fingerprint density at radius 3 is 2.25 bits per heavy atom. The number of hydrogen-bond acceptors (Lipinski definition) is 3. The molecule has 4 fully saturated rings. The minimum Gasteiger partial charge on any atom is -0.336 e. The van der Waals surface area contributed by atoms with E-state index in [-0.39, 0.29) is 16.5 Å². The van der Waals surface area contributed by atoms with Crippen LogP contribution in [0.1, 0.15) is 49.7 Å². The average molecular weight is 269 g/mol. The van der Waals surface area contributed by atoms with Crippen LogP contribution in [0.25, 0.3) is 0 Å². The normalized spacial score (nSPS) is 37.9. The van der Waals surface area contributed by atoms with E-state index in [0.29, 0.717) is 0 Å². The number of pyridine rings is 1.